The standard InChI is InChI=1S/C11H13N5.C7H6N2.CH5N/c1-8-2-4-14-15-11(8)16-5-3-9-10(6-16)13-7-12-9;1-2-6-9-7(3-1)4-5-8-9;1-2/h2,4,7H,3,5-6H2,1H3,(H,12,13);1-6H;2H2,1H3. The summed E-state index contributed by atoms with van der Waals surface area (Å²) < 4.78 is 1.83. The Labute approximate surface area is 158 Å². The van der Waals surface area contributed by atoms with Crippen LogP contribution in [0.15, 0.2) is 55.2 Å². The molecule has 1 aliphatic rings. The fraction of sp³-hybridized carbons (Fsp3) is 0.263. The molecule has 0 fully saturated rings. The van der Waals surface area contributed by atoms with E-state index >= 15 is 0 Å². The van der Waals surface area contributed by atoms with Crippen LogP contribution in [0.25, 0.3) is 5.52 Å². The fourth-order valence-electron chi connectivity index (χ4n) is 2.96. The van der Waals surface area contributed by atoms with Gasteiger partial charge in [-0.1, -0.05) is 6.07 Å². The summed E-state index contributed by atoms with van der Waals surface area (Å²) in [5, 5.41) is 12.2. The first-order chi connectivity index (χ1) is 13.3. The summed E-state index contributed by atoms with van der Waals surface area (Å²) in [6.45, 7) is 3.86. The number of pyridine rings is 1. The van der Waals surface area contributed by atoms with Crippen molar-refractivity contribution in [3.63, 3.8) is 0 Å². The zero-order valence-corrected chi connectivity index (χ0v) is 15.6. The lowest BCUT2D eigenvalue weighted by atomic mass is 10.1. The van der Waals surface area contributed by atoms with E-state index in [0.717, 1.165) is 36.4 Å². The van der Waals surface area contributed by atoms with Gasteiger partial charge in [0.05, 0.1) is 36.0 Å². The van der Waals surface area contributed by atoms with Gasteiger partial charge in [-0.25, -0.2) is 9.50 Å². The molecule has 5 rings (SSSR count). The average molecular weight is 364 g/mol. The molecule has 0 unspecified atom stereocenters. The third-order valence-corrected chi connectivity index (χ3v) is 4.28. The number of aromatic nitrogens is 6. The molecule has 27 heavy (non-hydrogen) atoms. The minimum Gasteiger partial charge on any atom is -0.349 e. The van der Waals surface area contributed by atoms with Crippen LogP contribution in [0.1, 0.15) is 17.0 Å². The van der Waals surface area contributed by atoms with Crippen molar-refractivity contribution in [3.05, 3.63) is 72.2 Å². The summed E-state index contributed by atoms with van der Waals surface area (Å²) in [5.41, 5.74) is 9.17. The molecule has 1 aliphatic heterocycles. The largest absolute Gasteiger partial charge is 0.349 e. The van der Waals surface area contributed by atoms with Gasteiger partial charge >= 0.3 is 0 Å². The van der Waals surface area contributed by atoms with Crippen LogP contribution in [0.4, 0.5) is 5.82 Å². The van der Waals surface area contributed by atoms with E-state index in [4.69, 9.17) is 0 Å². The maximum Gasteiger partial charge on any atom is 0.154 e. The van der Waals surface area contributed by atoms with Gasteiger partial charge in [-0.3, -0.25) is 0 Å². The lowest BCUT2D eigenvalue weighted by Crippen LogP contribution is -2.31. The lowest BCUT2D eigenvalue weighted by Gasteiger charge is -2.27. The normalized spacial score (nSPS) is 12.5. The molecular formula is C19H24N8. The van der Waals surface area contributed by atoms with Crippen molar-refractivity contribution in [2.45, 2.75) is 19.9 Å². The quantitative estimate of drug-likeness (QED) is 0.536. The number of aromatic amines is 1. The first kappa shape index (κ1) is 18.5. The number of nitrogens with one attached hydrogen (secondary N) is 1. The number of nitrogens with zero attached hydrogens (tertiary/aromatic N) is 6. The highest BCUT2D eigenvalue weighted by Gasteiger charge is 2.20. The van der Waals surface area contributed by atoms with Crippen LogP contribution in [-0.2, 0) is 13.0 Å². The number of H-pyrrole nitrogens is 1. The Morgan fingerprint density at radius 1 is 1.11 bits per heavy atom. The predicted octanol–water partition coefficient (Wildman–Crippen LogP) is 1.98. The van der Waals surface area contributed by atoms with Gasteiger partial charge in [-0.15, -0.1) is 5.10 Å². The van der Waals surface area contributed by atoms with E-state index in [-0.39, 0.29) is 0 Å². The van der Waals surface area contributed by atoms with Gasteiger partial charge in [0.15, 0.2) is 5.82 Å². The molecule has 0 radical (unpaired) electrons. The second-order valence-corrected chi connectivity index (χ2v) is 5.94. The maximum atomic E-state index is 4.50. The Morgan fingerprint density at radius 3 is 2.81 bits per heavy atom. The average Bonchev–Trinajstić information content (AvgIpc) is 3.39. The number of hydrogen-bond acceptors (Lipinski definition) is 6. The number of fused-ring (bicyclic) bond motifs is 2. The Morgan fingerprint density at radius 2 is 2.00 bits per heavy atom. The Kier molecular flexibility index (Phi) is 6.11. The summed E-state index contributed by atoms with van der Waals surface area (Å²) >= 11 is 0. The molecule has 0 saturated carbocycles. The maximum absolute atomic E-state index is 4.50. The van der Waals surface area contributed by atoms with Crippen molar-refractivity contribution in [2.75, 3.05) is 18.5 Å². The molecule has 0 spiro atoms. The zero-order valence-electron chi connectivity index (χ0n) is 15.6. The van der Waals surface area contributed by atoms with Crippen molar-refractivity contribution in [2.24, 2.45) is 5.73 Å². The molecule has 140 valence electrons. The van der Waals surface area contributed by atoms with E-state index in [0.29, 0.717) is 0 Å². The monoisotopic (exact) mass is 364 g/mol. The highest BCUT2D eigenvalue weighted by molar-refractivity contribution is 5.46. The van der Waals surface area contributed by atoms with Crippen molar-refractivity contribution < 1.29 is 0 Å². The van der Waals surface area contributed by atoms with Crippen LogP contribution in [0.2, 0.25) is 0 Å². The van der Waals surface area contributed by atoms with Crippen LogP contribution in [-0.4, -0.2) is 43.4 Å². The van der Waals surface area contributed by atoms with Gasteiger partial charge in [-0.05, 0) is 43.8 Å². The molecule has 0 aliphatic carbocycles. The Balaban J connectivity index is 0.000000162. The molecule has 3 N–H and O–H groups in total. The lowest BCUT2D eigenvalue weighted by molar-refractivity contribution is 0.691. The van der Waals surface area contributed by atoms with Crippen LogP contribution in [0, 0.1) is 6.92 Å². The number of rotatable bonds is 1. The molecule has 4 aromatic rings. The second-order valence-electron chi connectivity index (χ2n) is 5.94. The van der Waals surface area contributed by atoms with Gasteiger partial charge in [0.1, 0.15) is 0 Å². The predicted molar refractivity (Wildman–Crippen MR) is 105 cm³/mol. The van der Waals surface area contributed by atoms with Crippen LogP contribution >= 0.6 is 0 Å². The summed E-state index contributed by atoms with van der Waals surface area (Å²) in [5.74, 6) is 0.975. The molecule has 0 amide bonds. The third-order valence-electron chi connectivity index (χ3n) is 4.28. The Hall–Kier alpha value is -3.26. The molecule has 0 aromatic carbocycles. The van der Waals surface area contributed by atoms with Crippen molar-refractivity contribution in [1.82, 2.24) is 29.8 Å². The van der Waals surface area contributed by atoms with Crippen LogP contribution in [0.3, 0.4) is 0 Å². The first-order valence-electron chi connectivity index (χ1n) is 8.82. The van der Waals surface area contributed by atoms with Crippen LogP contribution in [0.5, 0.6) is 0 Å². The molecule has 8 nitrogen and oxygen atoms in total. The van der Waals surface area contributed by atoms with E-state index in [9.17, 15) is 0 Å². The molecule has 5 heterocycles. The number of imidazole rings is 1. The van der Waals surface area contributed by atoms with Gasteiger partial charge in [0, 0.05) is 25.4 Å². The Bertz CT molecular complexity index is 944. The van der Waals surface area contributed by atoms with Crippen LogP contribution < -0.4 is 10.6 Å². The molecule has 8 heteroatoms. The highest BCUT2D eigenvalue weighted by atomic mass is 15.3. The summed E-state index contributed by atoms with van der Waals surface area (Å²) in [7, 11) is 1.50. The molecular weight excluding hydrogens is 340 g/mol. The highest BCUT2D eigenvalue weighted by Crippen LogP contribution is 2.22. The minimum atomic E-state index is 0.842. The number of nitrogens with two attached hydrogens (primary N) is 1. The number of anilines is 1. The topological polar surface area (TPSA) is 101 Å². The zero-order chi connectivity index (χ0) is 19.1. The van der Waals surface area contributed by atoms with E-state index < -0.39 is 0 Å². The molecule has 0 bridgehead atoms. The smallest absolute Gasteiger partial charge is 0.154 e. The van der Waals surface area contributed by atoms with Crippen molar-refractivity contribution in [1.29, 1.82) is 0 Å². The number of hydrogen-bond donors (Lipinski definition) is 2. The third kappa shape index (κ3) is 4.29. The van der Waals surface area contributed by atoms with E-state index in [1.54, 1.807) is 18.7 Å². The SMILES string of the molecule is CN.Cc1ccnnc1N1CCc2nc[nH]c2C1.c1ccn2nccc2c1. The van der Waals surface area contributed by atoms with Crippen molar-refractivity contribution >= 4 is 11.3 Å². The summed E-state index contributed by atoms with van der Waals surface area (Å²) in [4.78, 5) is 9.70. The van der Waals surface area contributed by atoms with Gasteiger partial charge in [0.25, 0.3) is 0 Å². The van der Waals surface area contributed by atoms with E-state index in [1.807, 2.05) is 41.0 Å². The van der Waals surface area contributed by atoms with Gasteiger partial charge in [0.2, 0.25) is 0 Å². The van der Waals surface area contributed by atoms with E-state index in [2.05, 4.69) is 42.8 Å². The second kappa shape index (κ2) is 8.91. The summed E-state index contributed by atoms with van der Waals surface area (Å²) in [6, 6.07) is 9.94. The van der Waals surface area contributed by atoms with Crippen molar-refractivity contribution in [3.8, 4) is 0 Å². The first-order valence-corrected chi connectivity index (χ1v) is 8.82. The number of aryl methyl sites for hydroxylation is 1. The van der Waals surface area contributed by atoms with E-state index in [1.165, 1.54) is 18.4 Å². The van der Waals surface area contributed by atoms with Gasteiger partial charge in [-0.2, -0.15) is 10.2 Å². The molecule has 0 saturated heterocycles. The summed E-state index contributed by atoms with van der Waals surface area (Å²) in [6.07, 6.45) is 8.17. The molecule has 0 atom stereocenters. The fourth-order valence-corrected chi connectivity index (χ4v) is 2.96. The molecule has 4 aromatic heterocycles. The van der Waals surface area contributed by atoms with Gasteiger partial charge < -0.3 is 15.6 Å². The minimum absolute atomic E-state index is 0.842.